The first-order valence-corrected chi connectivity index (χ1v) is 29.5. The number of benzene rings is 4. The Bertz CT molecular complexity index is 4280. The van der Waals surface area contributed by atoms with Crippen LogP contribution in [0.1, 0.15) is 75.9 Å². The number of pyridine rings is 2. The number of piperazine rings is 2. The van der Waals surface area contributed by atoms with Crippen molar-refractivity contribution in [1.29, 1.82) is 0 Å². The van der Waals surface area contributed by atoms with Crippen LogP contribution in [0.25, 0.3) is 55.4 Å². The summed E-state index contributed by atoms with van der Waals surface area (Å²) in [5.41, 5.74) is 4.55. The molecule has 87 heavy (non-hydrogen) atoms. The number of carbonyl (C=O) groups excluding carboxylic acids is 2. The van der Waals surface area contributed by atoms with Gasteiger partial charge in [0.2, 0.25) is 11.8 Å². The standard InChI is InChI=1S/C33H34ClFN6O3.C32H32ClFN6O3/c1-7-25(43)39-14-19(5)40-20(16-39)15-38(6)31-27-23(13-21(28(31)35)26-22(34)9-8-10-24(26)42)41(33(44)37-32(27)40)30-18(4)11-12-36-29(30)17(2)3;1-6-24(42)38-14-18(5)39-19(15-38)13-36-29-26-22(12-20(27(29)34)25-21(33)8-7-9-23(25)41)40(32(43)37-31(26)39)30-17(4)10-11-35-28(30)16(2)3/h7-13,17,19-20,42H,1,14-16H2,2-6H3;6-12,16,18-19,36,41H,1,13-15H2,2-5H3. The van der Waals surface area contributed by atoms with E-state index in [4.69, 9.17) is 23.2 Å². The number of amides is 2. The zero-order chi connectivity index (χ0) is 62.3. The maximum Gasteiger partial charge on any atom is 0.354 e. The molecule has 4 aliphatic heterocycles. The van der Waals surface area contributed by atoms with Crippen LogP contribution in [-0.4, -0.2) is 131 Å². The first-order chi connectivity index (χ1) is 41.5. The second-order valence-electron chi connectivity index (χ2n) is 23.4. The van der Waals surface area contributed by atoms with Crippen molar-refractivity contribution in [2.24, 2.45) is 0 Å². The molecular formula is C65H66Cl2F2N12O6. The molecule has 4 aromatic carbocycles. The first-order valence-electron chi connectivity index (χ1n) is 28.8. The molecule has 0 radical (unpaired) electrons. The zero-order valence-corrected chi connectivity index (χ0v) is 51.2. The van der Waals surface area contributed by atoms with Crippen molar-refractivity contribution < 1.29 is 28.6 Å². The molecule has 0 aliphatic carbocycles. The van der Waals surface area contributed by atoms with Gasteiger partial charge in [0.25, 0.3) is 0 Å². The number of aromatic hydroxyl groups is 2. The van der Waals surface area contributed by atoms with Gasteiger partial charge >= 0.3 is 11.4 Å². The van der Waals surface area contributed by atoms with E-state index in [2.05, 4.69) is 38.4 Å². The highest BCUT2D eigenvalue weighted by Crippen LogP contribution is 2.49. The lowest BCUT2D eigenvalue weighted by Crippen LogP contribution is -2.61. The lowest BCUT2D eigenvalue weighted by atomic mass is 9.98. The third kappa shape index (κ3) is 10.0. The average molecular weight is 1220 g/mol. The van der Waals surface area contributed by atoms with Gasteiger partial charge in [-0.1, -0.05) is 76.2 Å². The number of halogens is 4. The van der Waals surface area contributed by atoms with Gasteiger partial charge in [-0.3, -0.25) is 28.7 Å². The summed E-state index contributed by atoms with van der Waals surface area (Å²) < 4.78 is 36.8. The quantitative estimate of drug-likeness (QED) is 0.121. The van der Waals surface area contributed by atoms with E-state index in [-0.39, 0.29) is 110 Å². The van der Waals surface area contributed by atoms with Gasteiger partial charge in [0, 0.05) is 93.0 Å². The van der Waals surface area contributed by atoms with Crippen molar-refractivity contribution in [3.8, 4) is 45.1 Å². The highest BCUT2D eigenvalue weighted by Gasteiger charge is 2.43. The second kappa shape index (κ2) is 23.1. The minimum Gasteiger partial charge on any atom is -0.507 e. The molecule has 4 atom stereocenters. The van der Waals surface area contributed by atoms with Gasteiger partial charge in [-0.15, -0.1) is 0 Å². The fourth-order valence-electron chi connectivity index (χ4n) is 13.2. The summed E-state index contributed by atoms with van der Waals surface area (Å²) in [7, 11) is 1.78. The smallest absolute Gasteiger partial charge is 0.354 e. The van der Waals surface area contributed by atoms with E-state index in [1.807, 2.05) is 77.3 Å². The van der Waals surface area contributed by atoms with Gasteiger partial charge in [0.05, 0.1) is 78.1 Å². The van der Waals surface area contributed by atoms with E-state index in [1.165, 1.54) is 33.4 Å². The van der Waals surface area contributed by atoms with E-state index in [0.29, 0.717) is 88.9 Å². The maximum absolute atomic E-state index is 17.0. The second-order valence-corrected chi connectivity index (χ2v) is 24.2. The van der Waals surface area contributed by atoms with Gasteiger partial charge in [0.1, 0.15) is 23.1 Å². The number of hydrogen-bond donors (Lipinski definition) is 3. The van der Waals surface area contributed by atoms with Gasteiger partial charge in [0.15, 0.2) is 11.6 Å². The van der Waals surface area contributed by atoms with Crippen LogP contribution in [0.3, 0.4) is 0 Å². The number of nitrogens with one attached hydrogen (secondary N) is 1. The lowest BCUT2D eigenvalue weighted by Gasteiger charge is -2.46. The molecule has 450 valence electrons. The summed E-state index contributed by atoms with van der Waals surface area (Å²) >= 11 is 13.1. The predicted molar refractivity (Wildman–Crippen MR) is 339 cm³/mol. The molecule has 4 aromatic heterocycles. The SMILES string of the molecule is C=CC(=O)N1CC(C)N2c3nc(=O)n(-c4c(C)ccnc4C(C)C)c4cc(-c5c(O)cccc5Cl)c(F)c(c34)N(C)CC2C1.C=CC(=O)N1CC(C)N2c3nc(=O)n(-c4c(C)ccnc4C(C)C)c4cc(-c5c(O)cccc5Cl)c(F)c(c34)NCC2C1. The van der Waals surface area contributed by atoms with Crippen molar-refractivity contribution in [2.75, 3.05) is 66.3 Å². The summed E-state index contributed by atoms with van der Waals surface area (Å²) in [5.74, 6) is -1.38. The average Bonchev–Trinajstić information content (AvgIpc) is 1.73. The molecular weight excluding hydrogens is 1150 g/mol. The molecule has 2 saturated heterocycles. The summed E-state index contributed by atoms with van der Waals surface area (Å²) in [5, 5.41) is 26.2. The van der Waals surface area contributed by atoms with Crippen LogP contribution in [0.4, 0.5) is 31.8 Å². The van der Waals surface area contributed by atoms with Gasteiger partial charge in [-0.05, 0) is 111 Å². The molecule has 2 amide bonds. The van der Waals surface area contributed by atoms with E-state index >= 15 is 8.78 Å². The third-order valence-electron chi connectivity index (χ3n) is 17.0. The molecule has 0 spiro atoms. The van der Waals surface area contributed by atoms with Gasteiger partial charge in [-0.2, -0.15) is 9.97 Å². The molecule has 22 heteroatoms. The van der Waals surface area contributed by atoms with E-state index in [1.54, 1.807) is 70.5 Å². The van der Waals surface area contributed by atoms with E-state index < -0.39 is 23.0 Å². The van der Waals surface area contributed by atoms with E-state index in [0.717, 1.165) is 11.1 Å². The summed E-state index contributed by atoms with van der Waals surface area (Å²) in [4.78, 5) is 81.5. The van der Waals surface area contributed by atoms with Crippen molar-refractivity contribution in [1.82, 2.24) is 38.9 Å². The summed E-state index contributed by atoms with van der Waals surface area (Å²) in [6.07, 6.45) is 5.98. The molecule has 0 saturated carbocycles. The zero-order valence-electron chi connectivity index (χ0n) is 49.7. The Balaban J connectivity index is 0.000000180. The molecule has 18 nitrogen and oxygen atoms in total. The normalized spacial score (nSPS) is 18.0. The fourth-order valence-corrected chi connectivity index (χ4v) is 13.7. The van der Waals surface area contributed by atoms with Crippen LogP contribution in [0, 0.1) is 25.5 Å². The largest absolute Gasteiger partial charge is 0.507 e. The van der Waals surface area contributed by atoms with Crippen molar-refractivity contribution in [3.05, 3.63) is 164 Å². The highest BCUT2D eigenvalue weighted by molar-refractivity contribution is 6.34. The number of aromatic nitrogens is 6. The molecule has 8 aromatic rings. The topological polar surface area (TPSA) is 198 Å². The lowest BCUT2D eigenvalue weighted by molar-refractivity contribution is -0.128. The fraction of sp³-hybridized carbons (Fsp3) is 0.323. The monoisotopic (exact) mass is 1220 g/mol. The Hall–Kier alpha value is -8.88. The molecule has 12 rings (SSSR count). The minimum atomic E-state index is -0.636. The molecule has 4 unspecified atom stereocenters. The summed E-state index contributed by atoms with van der Waals surface area (Å²) in [6.45, 7) is 25.0. The minimum absolute atomic E-state index is 0.0304. The number of carbonyl (C=O) groups is 2. The number of phenols is 2. The van der Waals surface area contributed by atoms with Crippen molar-refractivity contribution >= 4 is 79.8 Å². The maximum atomic E-state index is 17.0. The van der Waals surface area contributed by atoms with Crippen molar-refractivity contribution in [3.63, 3.8) is 0 Å². The number of likely N-dealkylation sites (N-methyl/N-ethyl adjacent to an activating group) is 1. The molecule has 4 aliphatic rings. The van der Waals surface area contributed by atoms with Crippen molar-refractivity contribution in [2.45, 2.75) is 91.4 Å². The number of phenolic OH excluding ortho intramolecular Hbond substituents is 2. The number of aryl methyl sites for hydroxylation is 2. The number of nitrogens with zero attached hydrogens (tertiary/aromatic N) is 11. The Morgan fingerprint density at radius 2 is 1.10 bits per heavy atom. The third-order valence-corrected chi connectivity index (χ3v) is 17.6. The first kappa shape index (κ1) is 59.8. The Morgan fingerprint density at radius 1 is 0.655 bits per heavy atom. The Morgan fingerprint density at radius 3 is 1.57 bits per heavy atom. The van der Waals surface area contributed by atoms with Crippen LogP contribution >= 0.6 is 23.2 Å². The number of anilines is 4. The molecule has 3 N–H and O–H groups in total. The van der Waals surface area contributed by atoms with Gasteiger partial charge in [-0.25, -0.2) is 18.4 Å². The summed E-state index contributed by atoms with van der Waals surface area (Å²) in [6, 6.07) is 14.9. The predicted octanol–water partition coefficient (Wildman–Crippen LogP) is 10.8. The van der Waals surface area contributed by atoms with E-state index in [9.17, 15) is 29.4 Å². The molecule has 2 fully saturated rings. The van der Waals surface area contributed by atoms with Crippen LogP contribution in [0.5, 0.6) is 11.5 Å². The molecule has 0 bridgehead atoms. The van der Waals surface area contributed by atoms with Crippen LogP contribution < -0.4 is 31.4 Å². The highest BCUT2D eigenvalue weighted by atomic mass is 35.5. The number of hydrogen-bond acceptors (Lipinski definition) is 14. The Labute approximate surface area is 511 Å². The van der Waals surface area contributed by atoms with Crippen LogP contribution in [-0.2, 0) is 9.59 Å². The van der Waals surface area contributed by atoms with Gasteiger partial charge < -0.3 is 40.0 Å². The molecule has 8 heterocycles. The number of fused-ring (bicyclic) bond motifs is 4. The Kier molecular flexibility index (Phi) is 15.9. The van der Waals surface area contributed by atoms with Crippen LogP contribution in [0.2, 0.25) is 10.0 Å². The van der Waals surface area contributed by atoms with Crippen LogP contribution in [0.15, 0.2) is 108 Å². The number of rotatable bonds is 8.